The molecule has 2 heteroatoms. The Labute approximate surface area is 109 Å². The van der Waals surface area contributed by atoms with Gasteiger partial charge in [0.2, 0.25) is 0 Å². The minimum absolute atomic E-state index is 0.224. The van der Waals surface area contributed by atoms with Crippen LogP contribution in [0.4, 0.5) is 0 Å². The Morgan fingerprint density at radius 3 is 2.67 bits per heavy atom. The van der Waals surface area contributed by atoms with Gasteiger partial charge in [0.1, 0.15) is 11.5 Å². The minimum atomic E-state index is 0.224. The molecule has 1 saturated carbocycles. The molecule has 0 atom stereocenters. The van der Waals surface area contributed by atoms with Crippen LogP contribution in [0.3, 0.4) is 0 Å². The normalized spacial score (nSPS) is 16.7. The van der Waals surface area contributed by atoms with Gasteiger partial charge in [-0.25, -0.2) is 0 Å². The van der Waals surface area contributed by atoms with E-state index in [0.717, 1.165) is 12.0 Å². The van der Waals surface area contributed by atoms with Crippen LogP contribution >= 0.6 is 0 Å². The van der Waals surface area contributed by atoms with Crippen molar-refractivity contribution in [3.63, 3.8) is 0 Å². The summed E-state index contributed by atoms with van der Waals surface area (Å²) in [4.78, 5) is 11.0. The van der Waals surface area contributed by atoms with E-state index in [1.54, 1.807) is 13.0 Å². The zero-order valence-electron chi connectivity index (χ0n) is 11.1. The molecule has 18 heavy (non-hydrogen) atoms. The standard InChI is InChI=1S/C16H22O2/c1-12(17)7-8-13-9-10-16(18)15(11-13)14-5-3-2-4-6-14/h9-11,14,18H,2-8H2,1H3. The lowest BCUT2D eigenvalue weighted by atomic mass is 9.83. The highest BCUT2D eigenvalue weighted by Crippen LogP contribution is 2.37. The topological polar surface area (TPSA) is 37.3 Å². The number of aryl methyl sites for hydroxylation is 1. The molecule has 0 radical (unpaired) electrons. The lowest BCUT2D eigenvalue weighted by Gasteiger charge is -2.23. The number of carbonyl (C=O) groups excluding carboxylic acids is 1. The molecule has 98 valence electrons. The Kier molecular flexibility index (Phi) is 4.40. The van der Waals surface area contributed by atoms with E-state index in [4.69, 9.17) is 0 Å². The third kappa shape index (κ3) is 3.34. The van der Waals surface area contributed by atoms with Crippen molar-refractivity contribution in [1.29, 1.82) is 0 Å². The highest BCUT2D eigenvalue weighted by molar-refractivity contribution is 5.75. The first-order valence-corrected chi connectivity index (χ1v) is 6.98. The van der Waals surface area contributed by atoms with Crippen molar-refractivity contribution in [3.05, 3.63) is 29.3 Å². The minimum Gasteiger partial charge on any atom is -0.508 e. The zero-order chi connectivity index (χ0) is 13.0. The molecule has 0 spiro atoms. The van der Waals surface area contributed by atoms with Crippen molar-refractivity contribution < 1.29 is 9.90 Å². The Bertz CT molecular complexity index is 417. The fourth-order valence-electron chi connectivity index (χ4n) is 2.82. The van der Waals surface area contributed by atoms with E-state index in [1.807, 2.05) is 6.07 Å². The maximum Gasteiger partial charge on any atom is 0.130 e. The summed E-state index contributed by atoms with van der Waals surface area (Å²) in [5.74, 6) is 1.16. The summed E-state index contributed by atoms with van der Waals surface area (Å²) in [5.41, 5.74) is 2.26. The molecule has 2 nitrogen and oxygen atoms in total. The SMILES string of the molecule is CC(=O)CCc1ccc(O)c(C2CCCCC2)c1. The molecule has 0 amide bonds. The van der Waals surface area contributed by atoms with Crippen molar-refractivity contribution in [3.8, 4) is 5.75 Å². The van der Waals surface area contributed by atoms with Crippen LogP contribution in [0.2, 0.25) is 0 Å². The summed E-state index contributed by atoms with van der Waals surface area (Å²) in [6.07, 6.45) is 7.60. The second-order valence-electron chi connectivity index (χ2n) is 5.43. The number of aromatic hydroxyl groups is 1. The fraction of sp³-hybridized carbons (Fsp3) is 0.562. The van der Waals surface area contributed by atoms with E-state index >= 15 is 0 Å². The zero-order valence-corrected chi connectivity index (χ0v) is 11.1. The number of Topliss-reactive ketones (excluding diaryl/α,β-unsaturated/α-hetero) is 1. The molecular weight excluding hydrogens is 224 g/mol. The van der Waals surface area contributed by atoms with Gasteiger partial charge in [-0.05, 0) is 49.3 Å². The van der Waals surface area contributed by atoms with Crippen LogP contribution in [-0.4, -0.2) is 10.9 Å². The summed E-state index contributed by atoms with van der Waals surface area (Å²) < 4.78 is 0. The monoisotopic (exact) mass is 246 g/mol. The van der Waals surface area contributed by atoms with Gasteiger partial charge < -0.3 is 9.90 Å². The summed E-state index contributed by atoms with van der Waals surface area (Å²) in [6, 6.07) is 5.83. The maximum atomic E-state index is 11.0. The van der Waals surface area contributed by atoms with Gasteiger partial charge in [0, 0.05) is 6.42 Å². The second kappa shape index (κ2) is 6.03. The number of hydrogen-bond acceptors (Lipinski definition) is 2. The first kappa shape index (κ1) is 13.1. The average Bonchev–Trinajstić information content (AvgIpc) is 2.38. The number of hydrogen-bond donors (Lipinski definition) is 1. The van der Waals surface area contributed by atoms with Crippen LogP contribution in [0.15, 0.2) is 18.2 Å². The van der Waals surface area contributed by atoms with Crippen molar-refractivity contribution >= 4 is 5.78 Å². The molecule has 0 saturated heterocycles. The predicted molar refractivity (Wildman–Crippen MR) is 72.9 cm³/mol. The Balaban J connectivity index is 2.12. The number of carbonyl (C=O) groups is 1. The number of benzene rings is 1. The van der Waals surface area contributed by atoms with Crippen LogP contribution < -0.4 is 0 Å². The summed E-state index contributed by atoms with van der Waals surface area (Å²) >= 11 is 0. The Morgan fingerprint density at radius 2 is 2.00 bits per heavy atom. The highest BCUT2D eigenvalue weighted by atomic mass is 16.3. The van der Waals surface area contributed by atoms with Gasteiger partial charge in [-0.1, -0.05) is 31.4 Å². The third-order valence-electron chi connectivity index (χ3n) is 3.90. The van der Waals surface area contributed by atoms with Crippen LogP contribution in [0, 0.1) is 0 Å². The molecule has 1 aliphatic rings. The van der Waals surface area contributed by atoms with Gasteiger partial charge >= 0.3 is 0 Å². The van der Waals surface area contributed by atoms with Gasteiger partial charge in [-0.3, -0.25) is 0 Å². The van der Waals surface area contributed by atoms with E-state index in [9.17, 15) is 9.90 Å². The second-order valence-corrected chi connectivity index (χ2v) is 5.43. The first-order chi connectivity index (χ1) is 8.66. The molecule has 0 unspecified atom stereocenters. The predicted octanol–water partition coefficient (Wildman–Crippen LogP) is 3.96. The first-order valence-electron chi connectivity index (χ1n) is 6.98. The van der Waals surface area contributed by atoms with Crippen LogP contribution in [0.25, 0.3) is 0 Å². The van der Waals surface area contributed by atoms with Gasteiger partial charge in [-0.15, -0.1) is 0 Å². The molecule has 1 aromatic rings. The van der Waals surface area contributed by atoms with Gasteiger partial charge in [0.15, 0.2) is 0 Å². The summed E-state index contributed by atoms with van der Waals surface area (Å²) in [5, 5.41) is 10.00. The lowest BCUT2D eigenvalue weighted by Crippen LogP contribution is -2.05. The van der Waals surface area contributed by atoms with Crippen LogP contribution in [0.5, 0.6) is 5.75 Å². The number of rotatable bonds is 4. The number of ketones is 1. The van der Waals surface area contributed by atoms with Crippen LogP contribution in [-0.2, 0) is 11.2 Å². The van der Waals surface area contributed by atoms with Gasteiger partial charge in [0.25, 0.3) is 0 Å². The Morgan fingerprint density at radius 1 is 1.28 bits per heavy atom. The lowest BCUT2D eigenvalue weighted by molar-refractivity contribution is -0.116. The molecular formula is C16H22O2. The van der Waals surface area contributed by atoms with Crippen molar-refractivity contribution in [2.75, 3.05) is 0 Å². The molecule has 1 N–H and O–H groups in total. The van der Waals surface area contributed by atoms with Crippen LogP contribution in [0.1, 0.15) is 62.5 Å². The van der Waals surface area contributed by atoms with Gasteiger partial charge in [-0.2, -0.15) is 0 Å². The molecule has 0 bridgehead atoms. The van der Waals surface area contributed by atoms with E-state index < -0.39 is 0 Å². The van der Waals surface area contributed by atoms with Crippen molar-refractivity contribution in [1.82, 2.24) is 0 Å². The molecule has 0 aromatic heterocycles. The smallest absolute Gasteiger partial charge is 0.130 e. The Hall–Kier alpha value is -1.31. The van der Waals surface area contributed by atoms with E-state index in [2.05, 4.69) is 6.07 Å². The molecule has 1 aliphatic carbocycles. The quantitative estimate of drug-likeness (QED) is 0.873. The van der Waals surface area contributed by atoms with Gasteiger partial charge in [0.05, 0.1) is 0 Å². The molecule has 2 rings (SSSR count). The summed E-state index contributed by atoms with van der Waals surface area (Å²) in [6.45, 7) is 1.63. The fourth-order valence-corrected chi connectivity index (χ4v) is 2.82. The highest BCUT2D eigenvalue weighted by Gasteiger charge is 2.18. The molecule has 0 aliphatic heterocycles. The van der Waals surface area contributed by atoms with E-state index in [-0.39, 0.29) is 5.78 Å². The number of phenolic OH excluding ortho intramolecular Hbond substituents is 1. The van der Waals surface area contributed by atoms with Crippen molar-refractivity contribution in [2.45, 2.75) is 57.8 Å². The third-order valence-corrected chi connectivity index (χ3v) is 3.90. The maximum absolute atomic E-state index is 11.0. The molecule has 1 fully saturated rings. The van der Waals surface area contributed by atoms with E-state index in [1.165, 1.54) is 37.7 Å². The molecule has 0 heterocycles. The van der Waals surface area contributed by atoms with E-state index in [0.29, 0.717) is 18.1 Å². The molecule has 1 aromatic carbocycles. The van der Waals surface area contributed by atoms with Crippen molar-refractivity contribution in [2.24, 2.45) is 0 Å². The largest absolute Gasteiger partial charge is 0.508 e. The number of phenols is 1. The average molecular weight is 246 g/mol. The summed E-state index contributed by atoms with van der Waals surface area (Å²) in [7, 11) is 0.